The van der Waals surface area contributed by atoms with E-state index in [2.05, 4.69) is 15.0 Å². The number of hydrogen-bond donors (Lipinski definition) is 2. The predicted octanol–water partition coefficient (Wildman–Crippen LogP) is 3.02. The summed E-state index contributed by atoms with van der Waals surface area (Å²) in [6.07, 6.45) is 5.02. The topological polar surface area (TPSA) is 61.3 Å². The Kier molecular flexibility index (Phi) is 2.53. The molecule has 0 atom stereocenters. The second kappa shape index (κ2) is 4.33. The molecule has 0 saturated heterocycles. The SMILES string of the molecule is Oc1[nH]c2cnccc2c1C=Nc1ccccc1. The van der Waals surface area contributed by atoms with Crippen LogP contribution < -0.4 is 0 Å². The smallest absolute Gasteiger partial charge is 0.198 e. The molecule has 1 aromatic carbocycles. The molecule has 0 aliphatic carbocycles. The molecule has 0 saturated carbocycles. The Morgan fingerprint density at radius 2 is 2.00 bits per heavy atom. The molecule has 0 radical (unpaired) electrons. The number of para-hydroxylation sites is 1. The maximum absolute atomic E-state index is 9.84. The third-order valence-electron chi connectivity index (χ3n) is 2.72. The molecule has 4 heteroatoms. The van der Waals surface area contributed by atoms with Gasteiger partial charge in [0, 0.05) is 17.8 Å². The van der Waals surface area contributed by atoms with Gasteiger partial charge in [-0.25, -0.2) is 0 Å². The van der Waals surface area contributed by atoms with Crippen LogP contribution in [0.5, 0.6) is 5.88 Å². The van der Waals surface area contributed by atoms with Crippen molar-refractivity contribution in [2.24, 2.45) is 4.99 Å². The van der Waals surface area contributed by atoms with Gasteiger partial charge in [0.05, 0.1) is 23.0 Å². The number of pyridine rings is 1. The highest BCUT2D eigenvalue weighted by molar-refractivity contribution is 6.02. The van der Waals surface area contributed by atoms with Crippen LogP contribution >= 0.6 is 0 Å². The zero-order valence-corrected chi connectivity index (χ0v) is 9.54. The number of H-pyrrole nitrogens is 1. The summed E-state index contributed by atoms with van der Waals surface area (Å²) in [6.45, 7) is 0. The standard InChI is InChI=1S/C14H11N3O/c18-14-12(8-16-10-4-2-1-3-5-10)11-6-7-15-9-13(11)17-14/h1-9,17-18H. The van der Waals surface area contributed by atoms with Crippen molar-refractivity contribution in [2.75, 3.05) is 0 Å². The number of aliphatic imine (C=N–C) groups is 1. The van der Waals surface area contributed by atoms with Crippen molar-refractivity contribution >= 4 is 22.8 Å². The molecule has 0 unspecified atom stereocenters. The van der Waals surface area contributed by atoms with Gasteiger partial charge < -0.3 is 10.1 Å². The van der Waals surface area contributed by atoms with Gasteiger partial charge in [0.2, 0.25) is 0 Å². The second-order valence-corrected chi connectivity index (χ2v) is 3.90. The van der Waals surface area contributed by atoms with Crippen LogP contribution in [0.2, 0.25) is 0 Å². The summed E-state index contributed by atoms with van der Waals surface area (Å²) in [4.78, 5) is 11.2. The Labute approximate surface area is 104 Å². The van der Waals surface area contributed by atoms with E-state index in [4.69, 9.17) is 0 Å². The van der Waals surface area contributed by atoms with Crippen LogP contribution in [-0.2, 0) is 0 Å². The molecule has 2 aromatic heterocycles. The maximum atomic E-state index is 9.84. The van der Waals surface area contributed by atoms with Crippen molar-refractivity contribution in [2.45, 2.75) is 0 Å². The van der Waals surface area contributed by atoms with Crippen LogP contribution in [-0.4, -0.2) is 21.3 Å². The second-order valence-electron chi connectivity index (χ2n) is 3.90. The van der Waals surface area contributed by atoms with Gasteiger partial charge in [-0.1, -0.05) is 18.2 Å². The van der Waals surface area contributed by atoms with Gasteiger partial charge in [-0.2, -0.15) is 0 Å². The third kappa shape index (κ3) is 1.84. The van der Waals surface area contributed by atoms with Gasteiger partial charge in [0.1, 0.15) is 0 Å². The number of benzene rings is 1. The van der Waals surface area contributed by atoms with E-state index >= 15 is 0 Å². The van der Waals surface area contributed by atoms with Crippen molar-refractivity contribution in [3.63, 3.8) is 0 Å². The molecule has 3 rings (SSSR count). The van der Waals surface area contributed by atoms with Crippen LogP contribution in [0.4, 0.5) is 5.69 Å². The van der Waals surface area contributed by atoms with E-state index < -0.39 is 0 Å². The van der Waals surface area contributed by atoms with E-state index in [9.17, 15) is 5.11 Å². The van der Waals surface area contributed by atoms with Gasteiger partial charge >= 0.3 is 0 Å². The average molecular weight is 237 g/mol. The van der Waals surface area contributed by atoms with Crippen LogP contribution in [0.3, 0.4) is 0 Å². The van der Waals surface area contributed by atoms with Gasteiger partial charge in [-0.3, -0.25) is 9.98 Å². The lowest BCUT2D eigenvalue weighted by molar-refractivity contribution is 0.457. The van der Waals surface area contributed by atoms with Gasteiger partial charge in [0.25, 0.3) is 0 Å². The highest BCUT2D eigenvalue weighted by atomic mass is 16.3. The van der Waals surface area contributed by atoms with Crippen molar-refractivity contribution in [1.82, 2.24) is 9.97 Å². The molecule has 0 aliphatic heterocycles. The number of fused-ring (bicyclic) bond motifs is 1. The Hall–Kier alpha value is -2.62. The minimum atomic E-state index is 0.109. The fraction of sp³-hybridized carbons (Fsp3) is 0. The fourth-order valence-electron chi connectivity index (χ4n) is 1.84. The number of aromatic amines is 1. The summed E-state index contributed by atoms with van der Waals surface area (Å²) in [7, 11) is 0. The highest BCUT2D eigenvalue weighted by Gasteiger charge is 2.07. The van der Waals surface area contributed by atoms with Crippen LogP contribution in [0, 0.1) is 0 Å². The van der Waals surface area contributed by atoms with Gasteiger partial charge in [-0.15, -0.1) is 0 Å². The first kappa shape index (κ1) is 10.5. The number of nitrogens with one attached hydrogen (secondary N) is 1. The van der Waals surface area contributed by atoms with E-state index in [1.807, 2.05) is 36.4 Å². The Morgan fingerprint density at radius 3 is 2.83 bits per heavy atom. The van der Waals surface area contributed by atoms with E-state index in [1.165, 1.54) is 0 Å². The van der Waals surface area contributed by atoms with Crippen molar-refractivity contribution in [3.05, 3.63) is 54.4 Å². The first-order chi connectivity index (χ1) is 8.84. The fourth-order valence-corrected chi connectivity index (χ4v) is 1.84. The first-order valence-electron chi connectivity index (χ1n) is 5.58. The summed E-state index contributed by atoms with van der Waals surface area (Å²) < 4.78 is 0. The van der Waals surface area contributed by atoms with Crippen molar-refractivity contribution in [3.8, 4) is 5.88 Å². The highest BCUT2D eigenvalue weighted by Crippen LogP contribution is 2.25. The third-order valence-corrected chi connectivity index (χ3v) is 2.72. The number of nitrogens with zero attached hydrogens (tertiary/aromatic N) is 2. The number of aromatic nitrogens is 2. The minimum Gasteiger partial charge on any atom is -0.494 e. The monoisotopic (exact) mass is 237 g/mol. The largest absolute Gasteiger partial charge is 0.494 e. The lowest BCUT2D eigenvalue weighted by Crippen LogP contribution is -1.79. The van der Waals surface area contributed by atoms with Crippen LogP contribution in [0.15, 0.2) is 53.8 Å². The zero-order valence-electron chi connectivity index (χ0n) is 9.54. The summed E-state index contributed by atoms with van der Waals surface area (Å²) in [5.74, 6) is 0.109. The molecule has 3 aromatic rings. The average Bonchev–Trinajstić information content (AvgIpc) is 2.73. The summed E-state index contributed by atoms with van der Waals surface area (Å²) >= 11 is 0. The Bertz CT molecular complexity index is 701. The normalized spacial score (nSPS) is 11.3. The first-order valence-corrected chi connectivity index (χ1v) is 5.58. The van der Waals surface area contributed by atoms with Gasteiger partial charge in [0.15, 0.2) is 5.88 Å². The molecule has 0 spiro atoms. The van der Waals surface area contributed by atoms with Crippen molar-refractivity contribution < 1.29 is 5.11 Å². The molecule has 2 heterocycles. The van der Waals surface area contributed by atoms with E-state index in [0.29, 0.717) is 5.56 Å². The lowest BCUT2D eigenvalue weighted by Gasteiger charge is -1.93. The number of rotatable bonds is 2. The predicted molar refractivity (Wildman–Crippen MR) is 71.5 cm³/mol. The molecule has 88 valence electrons. The molecule has 0 aliphatic rings. The van der Waals surface area contributed by atoms with E-state index in [0.717, 1.165) is 16.6 Å². The quantitative estimate of drug-likeness (QED) is 0.673. The van der Waals surface area contributed by atoms with Crippen LogP contribution in [0.1, 0.15) is 5.56 Å². The van der Waals surface area contributed by atoms with E-state index in [1.54, 1.807) is 18.6 Å². The molecule has 18 heavy (non-hydrogen) atoms. The molecule has 4 nitrogen and oxygen atoms in total. The summed E-state index contributed by atoms with van der Waals surface area (Å²) in [6, 6.07) is 11.4. The molecule has 0 fully saturated rings. The number of hydrogen-bond acceptors (Lipinski definition) is 3. The van der Waals surface area contributed by atoms with Gasteiger partial charge in [-0.05, 0) is 18.2 Å². The number of aromatic hydroxyl groups is 1. The molecule has 2 N–H and O–H groups in total. The Balaban J connectivity index is 2.05. The lowest BCUT2D eigenvalue weighted by atomic mass is 10.2. The van der Waals surface area contributed by atoms with E-state index in [-0.39, 0.29) is 5.88 Å². The molecular weight excluding hydrogens is 226 g/mol. The van der Waals surface area contributed by atoms with Crippen LogP contribution in [0.25, 0.3) is 10.9 Å². The molecule has 0 amide bonds. The zero-order chi connectivity index (χ0) is 12.4. The molecular formula is C14H11N3O. The minimum absolute atomic E-state index is 0.109. The Morgan fingerprint density at radius 1 is 1.17 bits per heavy atom. The molecule has 0 bridgehead atoms. The summed E-state index contributed by atoms with van der Waals surface area (Å²) in [5.41, 5.74) is 2.32. The summed E-state index contributed by atoms with van der Waals surface area (Å²) in [5, 5.41) is 10.7. The maximum Gasteiger partial charge on any atom is 0.198 e. The van der Waals surface area contributed by atoms with Crippen molar-refractivity contribution in [1.29, 1.82) is 0 Å².